The van der Waals surface area contributed by atoms with Crippen molar-refractivity contribution in [1.29, 1.82) is 0 Å². The van der Waals surface area contributed by atoms with Crippen LogP contribution in [-0.2, 0) is 9.53 Å². The van der Waals surface area contributed by atoms with Crippen molar-refractivity contribution in [2.75, 3.05) is 5.88 Å². The van der Waals surface area contributed by atoms with Crippen LogP contribution in [-0.4, -0.2) is 22.8 Å². The molecule has 0 N–H and O–H groups in total. The second kappa shape index (κ2) is 5.05. The fraction of sp³-hybridized carbons (Fsp3) is 0.800. The van der Waals surface area contributed by atoms with Crippen LogP contribution >= 0.6 is 34.8 Å². The molecule has 1 unspecified atom stereocenters. The Labute approximate surface area is 74.4 Å². The van der Waals surface area contributed by atoms with Gasteiger partial charge in [0.2, 0.25) is 0 Å². The third kappa shape index (κ3) is 4.20. The molecule has 2 nitrogen and oxygen atoms in total. The summed E-state index contributed by atoms with van der Waals surface area (Å²) >= 11 is 16.1. The minimum atomic E-state index is -0.763. The Hall–Kier alpha value is 0.340. The predicted molar refractivity (Wildman–Crippen MR) is 41.8 cm³/mol. The third-order valence-electron chi connectivity index (χ3n) is 0.750. The van der Waals surface area contributed by atoms with Gasteiger partial charge in [0.15, 0.2) is 0 Å². The predicted octanol–water partition coefficient (Wildman–Crippen LogP) is 1.96. The van der Waals surface area contributed by atoms with E-state index >= 15 is 0 Å². The summed E-state index contributed by atoms with van der Waals surface area (Å²) in [7, 11) is 0. The number of hydrogen-bond acceptors (Lipinski definition) is 2. The van der Waals surface area contributed by atoms with E-state index in [0.717, 1.165) is 0 Å². The number of ether oxygens (including phenoxy) is 1. The molecule has 0 fully saturated rings. The molecule has 0 amide bonds. The summed E-state index contributed by atoms with van der Waals surface area (Å²) in [5.41, 5.74) is 0. The van der Waals surface area contributed by atoms with Gasteiger partial charge >= 0.3 is 5.97 Å². The summed E-state index contributed by atoms with van der Waals surface area (Å²) in [5, 5.41) is 0. The molecule has 0 aliphatic rings. The highest BCUT2D eigenvalue weighted by molar-refractivity contribution is 6.45. The Balaban J connectivity index is 3.71. The first-order valence-electron chi connectivity index (χ1n) is 2.59. The first-order valence-corrected chi connectivity index (χ1v) is 4.00. The zero-order chi connectivity index (χ0) is 8.15. The van der Waals surface area contributed by atoms with Crippen molar-refractivity contribution < 1.29 is 9.53 Å². The van der Waals surface area contributed by atoms with Crippen LogP contribution in [0.25, 0.3) is 0 Å². The molecule has 10 heavy (non-hydrogen) atoms. The van der Waals surface area contributed by atoms with Gasteiger partial charge < -0.3 is 4.74 Å². The van der Waals surface area contributed by atoms with Gasteiger partial charge in [-0.25, -0.2) is 0 Å². The molecule has 0 heterocycles. The molecule has 0 aromatic carbocycles. The Kier molecular flexibility index (Phi) is 5.22. The van der Waals surface area contributed by atoms with Crippen molar-refractivity contribution in [3.05, 3.63) is 0 Å². The number of carbonyl (C=O) groups excluding carboxylic acids is 1. The molecule has 0 saturated heterocycles. The molecular weight excluding hydrogens is 198 g/mol. The molecule has 5 heteroatoms. The van der Waals surface area contributed by atoms with E-state index in [1.54, 1.807) is 0 Å². The lowest BCUT2D eigenvalue weighted by molar-refractivity contribution is -0.144. The van der Waals surface area contributed by atoms with Crippen LogP contribution in [0.15, 0.2) is 0 Å². The molecule has 60 valence electrons. The molecule has 0 bridgehead atoms. The van der Waals surface area contributed by atoms with Crippen molar-refractivity contribution in [3.63, 3.8) is 0 Å². The number of halogens is 3. The van der Waals surface area contributed by atoms with Gasteiger partial charge in [-0.15, -0.1) is 34.8 Å². The van der Waals surface area contributed by atoms with Gasteiger partial charge in [0, 0.05) is 6.92 Å². The van der Waals surface area contributed by atoms with Crippen molar-refractivity contribution in [2.45, 2.75) is 17.9 Å². The van der Waals surface area contributed by atoms with E-state index in [-0.39, 0.29) is 5.88 Å². The van der Waals surface area contributed by atoms with Gasteiger partial charge in [0.05, 0.1) is 5.88 Å². The van der Waals surface area contributed by atoms with Gasteiger partial charge in [-0.2, -0.15) is 0 Å². The van der Waals surface area contributed by atoms with E-state index < -0.39 is 16.9 Å². The normalized spacial score (nSPS) is 13.3. The summed E-state index contributed by atoms with van der Waals surface area (Å²) in [6.07, 6.45) is -0.609. The van der Waals surface area contributed by atoms with Crippen molar-refractivity contribution >= 4 is 40.8 Å². The lowest BCUT2D eigenvalue weighted by Gasteiger charge is -2.13. The van der Waals surface area contributed by atoms with E-state index in [0.29, 0.717) is 0 Å². The zero-order valence-corrected chi connectivity index (χ0v) is 7.58. The SMILES string of the molecule is CC(=O)OC(CCl)C(Cl)Cl. The first-order chi connectivity index (χ1) is 4.57. The fourth-order valence-electron chi connectivity index (χ4n) is 0.363. The van der Waals surface area contributed by atoms with Crippen LogP contribution in [0.1, 0.15) is 6.92 Å². The molecule has 0 aromatic heterocycles. The maximum Gasteiger partial charge on any atom is 0.303 e. The standard InChI is InChI=1S/C5H7Cl3O2/c1-3(9)10-4(2-6)5(7)8/h4-5H,2H2,1H3. The monoisotopic (exact) mass is 204 g/mol. The number of rotatable bonds is 3. The molecule has 0 saturated carbocycles. The number of hydrogen-bond donors (Lipinski definition) is 0. The first kappa shape index (κ1) is 10.3. The van der Waals surface area contributed by atoms with E-state index in [9.17, 15) is 4.79 Å². The Morgan fingerprint density at radius 1 is 1.60 bits per heavy atom. The van der Waals surface area contributed by atoms with E-state index in [1.807, 2.05) is 0 Å². The highest BCUT2D eigenvalue weighted by Crippen LogP contribution is 2.12. The minimum absolute atomic E-state index is 0.108. The van der Waals surface area contributed by atoms with Crippen molar-refractivity contribution in [3.8, 4) is 0 Å². The second-order valence-electron chi connectivity index (χ2n) is 1.64. The fourth-order valence-corrected chi connectivity index (χ4v) is 1.07. The van der Waals surface area contributed by atoms with E-state index in [2.05, 4.69) is 4.74 Å². The zero-order valence-electron chi connectivity index (χ0n) is 5.31. The van der Waals surface area contributed by atoms with Crippen molar-refractivity contribution in [2.24, 2.45) is 0 Å². The maximum atomic E-state index is 10.3. The van der Waals surface area contributed by atoms with E-state index in [1.165, 1.54) is 6.92 Å². The highest BCUT2D eigenvalue weighted by Gasteiger charge is 2.18. The minimum Gasteiger partial charge on any atom is -0.458 e. The molecule has 0 aliphatic heterocycles. The van der Waals surface area contributed by atoms with Crippen molar-refractivity contribution in [1.82, 2.24) is 0 Å². The average molecular weight is 205 g/mol. The van der Waals surface area contributed by atoms with Gasteiger partial charge in [-0.3, -0.25) is 4.79 Å². The number of esters is 1. The summed E-state index contributed by atoms with van der Waals surface area (Å²) in [6, 6.07) is 0. The Bertz CT molecular complexity index is 115. The number of carbonyl (C=O) groups is 1. The van der Waals surface area contributed by atoms with Crippen LogP contribution in [0.5, 0.6) is 0 Å². The lowest BCUT2D eigenvalue weighted by atomic mass is 10.4. The maximum absolute atomic E-state index is 10.3. The lowest BCUT2D eigenvalue weighted by Crippen LogP contribution is -2.24. The van der Waals surface area contributed by atoms with Gasteiger partial charge in [0.25, 0.3) is 0 Å². The summed E-state index contributed by atoms with van der Waals surface area (Å²) in [6.45, 7) is 1.27. The number of alkyl halides is 3. The quantitative estimate of drug-likeness (QED) is 0.520. The van der Waals surface area contributed by atoms with Crippen LogP contribution in [0.4, 0.5) is 0 Å². The largest absolute Gasteiger partial charge is 0.458 e. The molecule has 0 rings (SSSR count). The summed E-state index contributed by atoms with van der Waals surface area (Å²) < 4.78 is 4.63. The Morgan fingerprint density at radius 3 is 2.20 bits per heavy atom. The van der Waals surface area contributed by atoms with Crippen LogP contribution in [0.3, 0.4) is 0 Å². The molecule has 0 aromatic rings. The van der Waals surface area contributed by atoms with Crippen LogP contribution in [0.2, 0.25) is 0 Å². The van der Waals surface area contributed by atoms with Crippen LogP contribution < -0.4 is 0 Å². The molecule has 1 atom stereocenters. The topological polar surface area (TPSA) is 26.3 Å². The summed E-state index contributed by atoms with van der Waals surface area (Å²) in [5.74, 6) is -0.325. The smallest absolute Gasteiger partial charge is 0.303 e. The molecular formula is C5H7Cl3O2. The van der Waals surface area contributed by atoms with Gasteiger partial charge in [0.1, 0.15) is 10.9 Å². The average Bonchev–Trinajstić information content (AvgIpc) is 1.81. The Morgan fingerprint density at radius 2 is 2.10 bits per heavy atom. The highest BCUT2D eigenvalue weighted by atomic mass is 35.5. The molecule has 0 radical (unpaired) electrons. The summed E-state index contributed by atoms with van der Waals surface area (Å²) in [4.78, 5) is 9.56. The van der Waals surface area contributed by atoms with Crippen LogP contribution in [0, 0.1) is 0 Å². The third-order valence-corrected chi connectivity index (χ3v) is 1.62. The molecule has 0 aliphatic carbocycles. The van der Waals surface area contributed by atoms with E-state index in [4.69, 9.17) is 34.8 Å². The van der Waals surface area contributed by atoms with Gasteiger partial charge in [-0.1, -0.05) is 0 Å². The molecule has 0 spiro atoms. The van der Waals surface area contributed by atoms with Gasteiger partial charge in [-0.05, 0) is 0 Å². The second-order valence-corrected chi connectivity index (χ2v) is 3.11.